The molecule has 0 amide bonds. The molecule has 0 aromatic rings. The monoisotopic (exact) mass is 384 g/mol. The molecule has 4 unspecified atom stereocenters. The van der Waals surface area contributed by atoms with E-state index in [2.05, 4.69) is 35.7 Å². The summed E-state index contributed by atoms with van der Waals surface area (Å²) in [4.78, 5) is 12.8. The van der Waals surface area contributed by atoms with Gasteiger partial charge in [-0.3, -0.25) is 13.2 Å². The highest BCUT2D eigenvalue weighted by Crippen LogP contribution is 2.62. The summed E-state index contributed by atoms with van der Waals surface area (Å²) in [5, 5.41) is 0. The summed E-state index contributed by atoms with van der Waals surface area (Å²) >= 11 is -1.53. The zero-order valence-corrected chi connectivity index (χ0v) is 18.0. The third kappa shape index (κ3) is 4.00. The van der Waals surface area contributed by atoms with E-state index in [-0.39, 0.29) is 5.41 Å². The van der Waals surface area contributed by atoms with Gasteiger partial charge in [-0.2, -0.15) is 4.21 Å². The first-order chi connectivity index (χ1) is 12.2. The van der Waals surface area contributed by atoms with Crippen molar-refractivity contribution in [2.24, 2.45) is 28.6 Å². The summed E-state index contributed by atoms with van der Waals surface area (Å²) in [6.07, 6.45) is 9.68. The zero-order valence-electron chi connectivity index (χ0n) is 17.1. The van der Waals surface area contributed by atoms with Crippen LogP contribution in [0.25, 0.3) is 0 Å². The Morgan fingerprint density at radius 3 is 2.31 bits per heavy atom. The van der Waals surface area contributed by atoms with Crippen molar-refractivity contribution in [1.29, 1.82) is 0 Å². The second kappa shape index (κ2) is 8.66. The second-order valence-corrected chi connectivity index (χ2v) is 9.89. The highest BCUT2D eigenvalue weighted by Gasteiger charge is 2.57. The standard InChI is InChI=1S/C19H30O.C2H6O3S/c1-5-19-12-10-15-14(7-6-11-18(15,3)4)16(19)9-8-13(2)17(19)20;1-4-6(3)5-2/h14-16H,2,5-12H2,1,3-4H3;1-2H3. The van der Waals surface area contributed by atoms with Crippen LogP contribution < -0.4 is 0 Å². The zero-order chi connectivity index (χ0) is 19.5. The number of ketones is 1. The minimum Gasteiger partial charge on any atom is -0.294 e. The van der Waals surface area contributed by atoms with E-state index in [0.717, 1.165) is 36.7 Å². The van der Waals surface area contributed by atoms with Crippen LogP contribution >= 0.6 is 0 Å². The van der Waals surface area contributed by atoms with Crippen LogP contribution in [-0.2, 0) is 24.5 Å². The minimum atomic E-state index is -1.53. The van der Waals surface area contributed by atoms with Crippen molar-refractivity contribution in [1.82, 2.24) is 0 Å². The Labute approximate surface area is 162 Å². The first kappa shape index (κ1) is 21.8. The first-order valence-corrected chi connectivity index (χ1v) is 11.0. The van der Waals surface area contributed by atoms with Crippen molar-refractivity contribution >= 4 is 17.1 Å². The number of fused-ring (bicyclic) bond motifs is 3. The average molecular weight is 385 g/mol. The quantitative estimate of drug-likeness (QED) is 0.642. The molecule has 3 aliphatic carbocycles. The molecule has 26 heavy (non-hydrogen) atoms. The molecule has 0 bridgehead atoms. The van der Waals surface area contributed by atoms with Gasteiger partial charge in [-0.1, -0.05) is 33.8 Å². The summed E-state index contributed by atoms with van der Waals surface area (Å²) in [6, 6.07) is 0. The maximum absolute atomic E-state index is 12.8. The van der Waals surface area contributed by atoms with Gasteiger partial charge in [0.15, 0.2) is 5.78 Å². The average Bonchev–Trinajstić information content (AvgIpc) is 2.64. The summed E-state index contributed by atoms with van der Waals surface area (Å²) < 4.78 is 18.1. The third-order valence-corrected chi connectivity index (χ3v) is 7.99. The fraction of sp³-hybridized carbons (Fsp3) is 0.857. The van der Waals surface area contributed by atoms with Crippen molar-refractivity contribution in [3.05, 3.63) is 12.2 Å². The largest absolute Gasteiger partial charge is 0.304 e. The molecular weight excluding hydrogens is 348 g/mol. The Hall–Kier alpha value is -0.520. The molecular formula is C21H36O4S. The van der Waals surface area contributed by atoms with E-state index in [9.17, 15) is 9.00 Å². The molecule has 3 aliphatic rings. The Balaban J connectivity index is 0.000000352. The van der Waals surface area contributed by atoms with Crippen molar-refractivity contribution in [3.8, 4) is 0 Å². The molecule has 0 radical (unpaired) electrons. The SMILES string of the molecule is C=C1CCC2C3CCCC(C)(C)C3CCC2(CC)C1=O.COS(=O)OC. The van der Waals surface area contributed by atoms with E-state index in [0.29, 0.717) is 17.1 Å². The molecule has 0 spiro atoms. The van der Waals surface area contributed by atoms with Crippen LogP contribution in [0.1, 0.15) is 72.1 Å². The molecule has 150 valence electrons. The third-order valence-electron chi connectivity index (χ3n) is 7.44. The number of hydrogen-bond donors (Lipinski definition) is 0. The van der Waals surface area contributed by atoms with E-state index in [4.69, 9.17) is 0 Å². The van der Waals surface area contributed by atoms with Gasteiger partial charge in [-0.25, -0.2) is 0 Å². The summed E-state index contributed by atoms with van der Waals surface area (Å²) in [7, 11) is 2.61. The van der Waals surface area contributed by atoms with Gasteiger partial charge in [0.25, 0.3) is 0 Å². The van der Waals surface area contributed by atoms with Crippen molar-refractivity contribution < 1.29 is 17.4 Å². The Morgan fingerprint density at radius 2 is 1.77 bits per heavy atom. The smallest absolute Gasteiger partial charge is 0.294 e. The molecule has 3 saturated carbocycles. The van der Waals surface area contributed by atoms with Crippen LogP contribution in [-0.4, -0.2) is 24.2 Å². The van der Waals surface area contributed by atoms with Crippen LogP contribution in [0.5, 0.6) is 0 Å². The van der Waals surface area contributed by atoms with Gasteiger partial charge in [-0.15, -0.1) is 0 Å². The molecule has 0 saturated heterocycles. The molecule has 0 N–H and O–H groups in total. The predicted octanol–water partition coefficient (Wildman–Crippen LogP) is 5.01. The predicted molar refractivity (Wildman–Crippen MR) is 106 cm³/mol. The molecule has 4 atom stereocenters. The van der Waals surface area contributed by atoms with Crippen LogP contribution in [0.4, 0.5) is 0 Å². The van der Waals surface area contributed by atoms with E-state index < -0.39 is 11.4 Å². The molecule has 0 aromatic carbocycles. The molecule has 0 aliphatic heterocycles. The van der Waals surface area contributed by atoms with E-state index in [1.807, 2.05) is 0 Å². The van der Waals surface area contributed by atoms with Crippen molar-refractivity contribution in [2.75, 3.05) is 14.2 Å². The molecule has 5 heteroatoms. The summed E-state index contributed by atoms with van der Waals surface area (Å²) in [5.41, 5.74) is 1.36. The molecule has 0 heterocycles. The van der Waals surface area contributed by atoms with Gasteiger partial charge in [0.05, 0.1) is 14.2 Å². The maximum Gasteiger partial charge on any atom is 0.304 e. The van der Waals surface area contributed by atoms with Gasteiger partial charge >= 0.3 is 11.4 Å². The van der Waals surface area contributed by atoms with Crippen LogP contribution in [0.15, 0.2) is 12.2 Å². The van der Waals surface area contributed by atoms with Gasteiger partial charge in [-0.05, 0) is 73.7 Å². The van der Waals surface area contributed by atoms with Gasteiger partial charge < -0.3 is 0 Å². The highest BCUT2D eigenvalue weighted by molar-refractivity contribution is 7.75. The van der Waals surface area contributed by atoms with Crippen LogP contribution in [0, 0.1) is 28.6 Å². The molecule has 3 rings (SSSR count). The van der Waals surface area contributed by atoms with Crippen molar-refractivity contribution in [2.45, 2.75) is 72.1 Å². The number of allylic oxidation sites excluding steroid dienone is 1. The molecule has 0 aromatic heterocycles. The lowest BCUT2D eigenvalue weighted by Crippen LogP contribution is -2.54. The van der Waals surface area contributed by atoms with E-state index in [1.165, 1.54) is 46.3 Å². The lowest BCUT2D eigenvalue weighted by atomic mass is 9.45. The number of hydrogen-bond acceptors (Lipinski definition) is 4. The van der Waals surface area contributed by atoms with Gasteiger partial charge in [0, 0.05) is 5.41 Å². The Bertz CT molecular complexity index is 550. The first-order valence-electron chi connectivity index (χ1n) is 9.96. The molecule has 3 fully saturated rings. The lowest BCUT2D eigenvalue weighted by Gasteiger charge is -2.58. The highest BCUT2D eigenvalue weighted by atomic mass is 32.2. The van der Waals surface area contributed by atoms with Crippen LogP contribution in [0.2, 0.25) is 0 Å². The number of Topliss-reactive ketones (excluding diaryl/α,β-unsaturated/α-hetero) is 1. The number of rotatable bonds is 3. The van der Waals surface area contributed by atoms with Gasteiger partial charge in [0.2, 0.25) is 0 Å². The number of carbonyl (C=O) groups excluding carboxylic acids is 1. The minimum absolute atomic E-state index is 0.0378. The fourth-order valence-corrected chi connectivity index (χ4v) is 6.23. The van der Waals surface area contributed by atoms with E-state index >= 15 is 0 Å². The topological polar surface area (TPSA) is 52.6 Å². The summed E-state index contributed by atoms with van der Waals surface area (Å²) in [6.45, 7) is 11.2. The fourth-order valence-electron chi connectivity index (χ4n) is 6.09. The van der Waals surface area contributed by atoms with E-state index in [1.54, 1.807) is 0 Å². The Kier molecular flexibility index (Phi) is 7.25. The lowest BCUT2D eigenvalue weighted by molar-refractivity contribution is -0.144. The Morgan fingerprint density at radius 1 is 1.12 bits per heavy atom. The van der Waals surface area contributed by atoms with Crippen molar-refractivity contribution in [3.63, 3.8) is 0 Å². The van der Waals surface area contributed by atoms with Gasteiger partial charge in [0.1, 0.15) is 0 Å². The molecule has 4 nitrogen and oxygen atoms in total. The second-order valence-electron chi connectivity index (χ2n) is 8.81. The maximum atomic E-state index is 12.8. The summed E-state index contributed by atoms with van der Waals surface area (Å²) in [5.74, 6) is 2.71. The normalized spacial score (nSPS) is 36.0. The number of carbonyl (C=O) groups is 1. The van der Waals surface area contributed by atoms with Crippen LogP contribution in [0.3, 0.4) is 0 Å².